The highest BCUT2D eigenvalue weighted by atomic mass is 32.1. The minimum atomic E-state index is -0.138. The van der Waals surface area contributed by atoms with Crippen LogP contribution >= 0.6 is 11.3 Å². The van der Waals surface area contributed by atoms with E-state index in [4.69, 9.17) is 9.72 Å². The molecule has 0 saturated carbocycles. The second kappa shape index (κ2) is 6.52. The van der Waals surface area contributed by atoms with Crippen LogP contribution in [0.25, 0.3) is 0 Å². The number of hydrogen-bond acceptors (Lipinski definition) is 6. The van der Waals surface area contributed by atoms with Gasteiger partial charge in [-0.15, -0.1) is 11.3 Å². The summed E-state index contributed by atoms with van der Waals surface area (Å²) >= 11 is 1.66. The Morgan fingerprint density at radius 1 is 1.33 bits per heavy atom. The zero-order valence-electron chi connectivity index (χ0n) is 13.7. The van der Waals surface area contributed by atoms with Crippen LogP contribution in [0, 0.1) is 0 Å². The largest absolute Gasteiger partial charge is 0.377 e. The highest BCUT2D eigenvalue weighted by Crippen LogP contribution is 2.31. The Kier molecular flexibility index (Phi) is 4.24. The van der Waals surface area contributed by atoms with Gasteiger partial charge in [0.1, 0.15) is 5.69 Å². The molecule has 4 heterocycles. The predicted octanol–water partition coefficient (Wildman–Crippen LogP) is 1.69. The molecule has 2 aliphatic rings. The fourth-order valence-electron chi connectivity index (χ4n) is 3.25. The summed E-state index contributed by atoms with van der Waals surface area (Å²) < 4.78 is 7.27. The van der Waals surface area contributed by atoms with Crippen LogP contribution in [0.2, 0.25) is 0 Å². The number of anilines is 1. The van der Waals surface area contributed by atoms with Gasteiger partial charge in [-0.1, -0.05) is 0 Å². The summed E-state index contributed by atoms with van der Waals surface area (Å²) in [4.78, 5) is 21.8. The third-order valence-corrected chi connectivity index (χ3v) is 5.47. The van der Waals surface area contributed by atoms with E-state index in [0.29, 0.717) is 25.5 Å². The molecule has 0 aliphatic carbocycles. The number of thiazole rings is 1. The number of ether oxygens (including phenoxy) is 1. The molecule has 2 aromatic heterocycles. The highest BCUT2D eigenvalue weighted by Gasteiger charge is 2.32. The van der Waals surface area contributed by atoms with Crippen LogP contribution < -0.4 is 4.90 Å². The van der Waals surface area contributed by atoms with E-state index in [2.05, 4.69) is 15.4 Å². The molecule has 2 aliphatic heterocycles. The molecule has 1 atom stereocenters. The Balaban J connectivity index is 1.56. The molecule has 1 unspecified atom stereocenters. The van der Waals surface area contributed by atoms with Crippen molar-refractivity contribution in [1.82, 2.24) is 19.7 Å². The van der Waals surface area contributed by atoms with E-state index < -0.39 is 0 Å². The zero-order valence-corrected chi connectivity index (χ0v) is 14.5. The maximum Gasteiger partial charge on any atom is 0.275 e. The molecule has 0 aromatic carbocycles. The molecule has 0 spiro atoms. The van der Waals surface area contributed by atoms with Crippen LogP contribution in [0.4, 0.5) is 5.13 Å². The second-order valence-corrected chi connectivity index (χ2v) is 7.05. The molecule has 128 valence electrons. The Hall–Kier alpha value is -1.93. The van der Waals surface area contributed by atoms with E-state index in [1.54, 1.807) is 28.3 Å². The third kappa shape index (κ3) is 2.91. The van der Waals surface area contributed by atoms with Gasteiger partial charge in [-0.25, -0.2) is 4.98 Å². The Morgan fingerprint density at radius 2 is 2.17 bits per heavy atom. The van der Waals surface area contributed by atoms with E-state index in [9.17, 15) is 4.79 Å². The lowest BCUT2D eigenvalue weighted by Crippen LogP contribution is -2.43. The first-order valence-corrected chi connectivity index (χ1v) is 9.19. The molecule has 0 radical (unpaired) electrons. The number of aromatic nitrogens is 3. The van der Waals surface area contributed by atoms with Crippen LogP contribution in [-0.4, -0.2) is 58.4 Å². The molecule has 0 N–H and O–H groups in total. The van der Waals surface area contributed by atoms with Crippen LogP contribution in [0.15, 0.2) is 17.6 Å². The molecule has 1 amide bonds. The molecule has 0 bridgehead atoms. The molecule has 24 heavy (non-hydrogen) atoms. The number of nitrogens with zero attached hydrogens (tertiary/aromatic N) is 5. The fraction of sp³-hybridized carbons (Fsp3) is 0.562. The predicted molar refractivity (Wildman–Crippen MR) is 91.4 cm³/mol. The van der Waals surface area contributed by atoms with Crippen LogP contribution in [0.5, 0.6) is 0 Å². The van der Waals surface area contributed by atoms with E-state index in [0.717, 1.165) is 23.9 Å². The Bertz CT molecular complexity index is 722. The fourth-order valence-corrected chi connectivity index (χ4v) is 4.18. The number of carbonyl (C=O) groups is 1. The molecular formula is C16H21N5O2S. The normalized spacial score (nSPS) is 21.5. The minimum Gasteiger partial charge on any atom is -0.377 e. The van der Waals surface area contributed by atoms with Crippen molar-refractivity contribution in [3.63, 3.8) is 0 Å². The topological polar surface area (TPSA) is 63.5 Å². The standard InChI is InChI=1S/C16H21N5O2S/c1-19-7-4-12(18-19)15(22)21-8-9-23-10-14(21)13-11-24-16(17-13)20-5-2-3-6-20/h4,7,11,14H,2-3,5-6,8-10H2,1H3. The van der Waals surface area contributed by atoms with E-state index in [1.807, 2.05) is 11.9 Å². The zero-order chi connectivity index (χ0) is 16.5. The van der Waals surface area contributed by atoms with Crippen molar-refractivity contribution in [2.45, 2.75) is 18.9 Å². The smallest absolute Gasteiger partial charge is 0.275 e. The highest BCUT2D eigenvalue weighted by molar-refractivity contribution is 7.13. The lowest BCUT2D eigenvalue weighted by atomic mass is 10.1. The maximum absolute atomic E-state index is 12.8. The summed E-state index contributed by atoms with van der Waals surface area (Å²) in [5.74, 6) is -0.0559. The third-order valence-electron chi connectivity index (χ3n) is 4.55. The van der Waals surface area contributed by atoms with Crippen molar-refractivity contribution in [3.8, 4) is 0 Å². The first-order chi connectivity index (χ1) is 11.7. The number of aryl methyl sites for hydroxylation is 1. The van der Waals surface area contributed by atoms with Gasteiger partial charge in [0.2, 0.25) is 0 Å². The number of carbonyl (C=O) groups excluding carboxylic acids is 1. The summed E-state index contributed by atoms with van der Waals surface area (Å²) in [5.41, 5.74) is 1.39. The van der Waals surface area contributed by atoms with Crippen molar-refractivity contribution in [2.75, 3.05) is 37.7 Å². The average Bonchev–Trinajstić information content (AvgIpc) is 3.35. The van der Waals surface area contributed by atoms with Crippen molar-refractivity contribution in [1.29, 1.82) is 0 Å². The van der Waals surface area contributed by atoms with Gasteiger partial charge in [-0.2, -0.15) is 5.10 Å². The Labute approximate surface area is 144 Å². The van der Waals surface area contributed by atoms with Crippen LogP contribution in [-0.2, 0) is 11.8 Å². The minimum absolute atomic E-state index is 0.0559. The van der Waals surface area contributed by atoms with E-state index >= 15 is 0 Å². The second-order valence-electron chi connectivity index (χ2n) is 6.21. The first kappa shape index (κ1) is 15.6. The quantitative estimate of drug-likeness (QED) is 0.845. The lowest BCUT2D eigenvalue weighted by Gasteiger charge is -2.34. The SMILES string of the molecule is Cn1ccc(C(=O)N2CCOCC2c2csc(N3CCCC3)n2)n1. The number of hydrogen-bond donors (Lipinski definition) is 0. The maximum atomic E-state index is 12.8. The molecule has 8 heteroatoms. The van der Waals surface area contributed by atoms with Crippen molar-refractivity contribution in [2.24, 2.45) is 7.05 Å². The van der Waals surface area contributed by atoms with Gasteiger partial charge in [0, 0.05) is 38.3 Å². The molecule has 7 nitrogen and oxygen atoms in total. The number of rotatable bonds is 3. The Morgan fingerprint density at radius 3 is 2.92 bits per heavy atom. The van der Waals surface area contributed by atoms with E-state index in [1.165, 1.54) is 12.8 Å². The summed E-state index contributed by atoms with van der Waals surface area (Å²) in [5, 5.41) is 7.36. The van der Waals surface area contributed by atoms with Gasteiger partial charge in [0.15, 0.2) is 5.13 Å². The summed E-state index contributed by atoms with van der Waals surface area (Å²) in [6, 6.07) is 1.62. The molecular weight excluding hydrogens is 326 g/mol. The monoisotopic (exact) mass is 347 g/mol. The van der Waals surface area contributed by atoms with Crippen LogP contribution in [0.1, 0.15) is 35.1 Å². The van der Waals surface area contributed by atoms with Crippen molar-refractivity contribution in [3.05, 3.63) is 29.0 Å². The molecule has 2 fully saturated rings. The van der Waals surface area contributed by atoms with E-state index in [-0.39, 0.29) is 11.9 Å². The summed E-state index contributed by atoms with van der Waals surface area (Å²) in [6.07, 6.45) is 4.24. The van der Waals surface area contributed by atoms with Gasteiger partial charge in [0.25, 0.3) is 5.91 Å². The summed E-state index contributed by atoms with van der Waals surface area (Å²) in [7, 11) is 1.82. The molecule has 4 rings (SSSR count). The van der Waals surface area contributed by atoms with Gasteiger partial charge >= 0.3 is 0 Å². The van der Waals surface area contributed by atoms with Crippen molar-refractivity contribution < 1.29 is 9.53 Å². The van der Waals surface area contributed by atoms with Gasteiger partial charge in [-0.3, -0.25) is 9.48 Å². The number of amides is 1. The first-order valence-electron chi connectivity index (χ1n) is 8.31. The average molecular weight is 347 g/mol. The number of morpholine rings is 1. The van der Waals surface area contributed by atoms with Gasteiger partial charge < -0.3 is 14.5 Å². The summed E-state index contributed by atoms with van der Waals surface area (Å²) in [6.45, 7) is 3.76. The van der Waals surface area contributed by atoms with Gasteiger partial charge in [0.05, 0.1) is 24.9 Å². The van der Waals surface area contributed by atoms with Gasteiger partial charge in [-0.05, 0) is 18.9 Å². The molecule has 2 aromatic rings. The van der Waals surface area contributed by atoms with Crippen molar-refractivity contribution >= 4 is 22.4 Å². The molecule has 2 saturated heterocycles. The van der Waals surface area contributed by atoms with Crippen LogP contribution in [0.3, 0.4) is 0 Å². The lowest BCUT2D eigenvalue weighted by molar-refractivity contribution is -0.00406.